The first-order valence-electron chi connectivity index (χ1n) is 7.80. The molecule has 0 fully saturated rings. The number of allylic oxidation sites excluding steroid dienone is 1. The number of carbonyl (C=O) groups is 2. The highest BCUT2D eigenvalue weighted by Gasteiger charge is 2.29. The SMILES string of the molecule is CCCOC(=O)C(C(=O)OCCC)=C1Cc2ccccc2C1. The van der Waals surface area contributed by atoms with E-state index in [0.29, 0.717) is 26.1 Å². The Kier molecular flexibility index (Phi) is 5.75. The number of ether oxygens (including phenoxy) is 2. The molecule has 0 bridgehead atoms. The van der Waals surface area contributed by atoms with E-state index in [-0.39, 0.29) is 5.57 Å². The number of rotatable bonds is 6. The molecule has 0 saturated heterocycles. The molecule has 118 valence electrons. The van der Waals surface area contributed by atoms with E-state index < -0.39 is 11.9 Å². The summed E-state index contributed by atoms with van der Waals surface area (Å²) >= 11 is 0. The summed E-state index contributed by atoms with van der Waals surface area (Å²) in [6.45, 7) is 4.45. The number of hydrogen-bond acceptors (Lipinski definition) is 4. The molecule has 4 heteroatoms. The molecule has 22 heavy (non-hydrogen) atoms. The highest BCUT2D eigenvalue weighted by atomic mass is 16.6. The average Bonchev–Trinajstić information content (AvgIpc) is 2.94. The monoisotopic (exact) mass is 302 g/mol. The van der Waals surface area contributed by atoms with E-state index in [2.05, 4.69) is 0 Å². The van der Waals surface area contributed by atoms with Gasteiger partial charge in [0.25, 0.3) is 0 Å². The lowest BCUT2D eigenvalue weighted by Crippen LogP contribution is -2.21. The fourth-order valence-electron chi connectivity index (χ4n) is 2.51. The van der Waals surface area contributed by atoms with E-state index in [4.69, 9.17) is 9.47 Å². The Morgan fingerprint density at radius 2 is 1.36 bits per heavy atom. The normalized spacial score (nSPS) is 12.7. The van der Waals surface area contributed by atoms with Crippen molar-refractivity contribution in [3.05, 3.63) is 46.5 Å². The summed E-state index contributed by atoms with van der Waals surface area (Å²) < 4.78 is 10.3. The maximum Gasteiger partial charge on any atom is 0.345 e. The molecule has 0 amide bonds. The lowest BCUT2D eigenvalue weighted by Gasteiger charge is -2.10. The van der Waals surface area contributed by atoms with Crippen molar-refractivity contribution in [2.45, 2.75) is 39.5 Å². The fraction of sp³-hybridized carbons (Fsp3) is 0.444. The molecule has 2 rings (SSSR count). The molecule has 0 spiro atoms. The van der Waals surface area contributed by atoms with Crippen molar-refractivity contribution in [3.63, 3.8) is 0 Å². The molecular weight excluding hydrogens is 280 g/mol. The van der Waals surface area contributed by atoms with Crippen molar-refractivity contribution in [1.29, 1.82) is 0 Å². The standard InChI is InChI=1S/C18H22O4/c1-3-9-21-17(19)16(18(20)22-10-4-2)15-11-13-7-5-6-8-14(13)12-15/h5-8H,3-4,9-12H2,1-2H3. The van der Waals surface area contributed by atoms with Crippen LogP contribution >= 0.6 is 0 Å². The number of carbonyl (C=O) groups excluding carboxylic acids is 2. The van der Waals surface area contributed by atoms with Crippen LogP contribution in [0.15, 0.2) is 35.4 Å². The lowest BCUT2D eigenvalue weighted by atomic mass is 10.1. The van der Waals surface area contributed by atoms with E-state index in [1.165, 1.54) is 0 Å². The lowest BCUT2D eigenvalue weighted by molar-refractivity contribution is -0.147. The number of fused-ring (bicyclic) bond motifs is 1. The first-order chi connectivity index (χ1) is 10.7. The molecule has 0 aromatic heterocycles. The van der Waals surface area contributed by atoms with E-state index in [1.807, 2.05) is 38.1 Å². The van der Waals surface area contributed by atoms with Crippen LogP contribution in [-0.2, 0) is 31.9 Å². The topological polar surface area (TPSA) is 52.6 Å². The summed E-state index contributed by atoms with van der Waals surface area (Å²) in [7, 11) is 0. The zero-order valence-corrected chi connectivity index (χ0v) is 13.2. The van der Waals surface area contributed by atoms with E-state index in [9.17, 15) is 9.59 Å². The second-order valence-corrected chi connectivity index (χ2v) is 5.37. The Morgan fingerprint density at radius 3 is 1.77 bits per heavy atom. The molecule has 1 aromatic carbocycles. The van der Waals surface area contributed by atoms with E-state index >= 15 is 0 Å². The zero-order chi connectivity index (χ0) is 15.9. The van der Waals surface area contributed by atoms with Crippen molar-refractivity contribution < 1.29 is 19.1 Å². The third-order valence-corrected chi connectivity index (χ3v) is 3.56. The highest BCUT2D eigenvalue weighted by Crippen LogP contribution is 2.29. The van der Waals surface area contributed by atoms with Gasteiger partial charge in [0, 0.05) is 0 Å². The van der Waals surface area contributed by atoms with Gasteiger partial charge < -0.3 is 9.47 Å². The minimum atomic E-state index is -0.564. The molecule has 1 aliphatic rings. The second kappa shape index (κ2) is 7.78. The van der Waals surface area contributed by atoms with Crippen LogP contribution in [0.1, 0.15) is 37.8 Å². The molecule has 0 radical (unpaired) electrons. The summed E-state index contributed by atoms with van der Waals surface area (Å²) in [5.41, 5.74) is 3.18. The number of benzene rings is 1. The Morgan fingerprint density at radius 1 is 0.909 bits per heavy atom. The van der Waals surface area contributed by atoms with Gasteiger partial charge in [-0.3, -0.25) is 0 Å². The first-order valence-corrected chi connectivity index (χ1v) is 7.80. The molecule has 0 atom stereocenters. The predicted octanol–water partition coefficient (Wildman–Crippen LogP) is 2.99. The van der Waals surface area contributed by atoms with Gasteiger partial charge in [0.15, 0.2) is 0 Å². The Hall–Kier alpha value is -2.10. The van der Waals surface area contributed by atoms with Crippen LogP contribution in [0.3, 0.4) is 0 Å². The maximum atomic E-state index is 12.3. The molecule has 1 aromatic rings. The highest BCUT2D eigenvalue weighted by molar-refractivity contribution is 6.15. The third-order valence-electron chi connectivity index (χ3n) is 3.56. The van der Waals surface area contributed by atoms with Crippen LogP contribution in [0.25, 0.3) is 0 Å². The molecule has 0 aliphatic heterocycles. The molecule has 0 heterocycles. The summed E-state index contributed by atoms with van der Waals surface area (Å²) in [5.74, 6) is -1.13. The smallest absolute Gasteiger partial charge is 0.345 e. The van der Waals surface area contributed by atoms with Gasteiger partial charge in [-0.2, -0.15) is 0 Å². The van der Waals surface area contributed by atoms with Crippen molar-refractivity contribution in [1.82, 2.24) is 0 Å². The minimum absolute atomic E-state index is 0.0816. The zero-order valence-electron chi connectivity index (χ0n) is 13.2. The van der Waals surface area contributed by atoms with Gasteiger partial charge in [0.1, 0.15) is 5.57 Å². The third kappa shape index (κ3) is 3.75. The van der Waals surface area contributed by atoms with Crippen molar-refractivity contribution in [3.8, 4) is 0 Å². The number of esters is 2. The Labute approximate surface area is 131 Å². The summed E-state index contributed by atoms with van der Waals surface area (Å²) in [4.78, 5) is 24.5. The fourth-order valence-corrected chi connectivity index (χ4v) is 2.51. The van der Waals surface area contributed by atoms with Crippen LogP contribution < -0.4 is 0 Å². The maximum absolute atomic E-state index is 12.3. The van der Waals surface area contributed by atoms with Crippen LogP contribution in [0.5, 0.6) is 0 Å². The van der Waals surface area contributed by atoms with Gasteiger partial charge in [-0.25, -0.2) is 9.59 Å². The van der Waals surface area contributed by atoms with E-state index in [1.54, 1.807) is 0 Å². The molecule has 4 nitrogen and oxygen atoms in total. The average molecular weight is 302 g/mol. The van der Waals surface area contributed by atoms with Crippen molar-refractivity contribution in [2.75, 3.05) is 13.2 Å². The van der Waals surface area contributed by atoms with Gasteiger partial charge in [-0.15, -0.1) is 0 Å². The van der Waals surface area contributed by atoms with Crippen molar-refractivity contribution >= 4 is 11.9 Å². The van der Waals surface area contributed by atoms with Gasteiger partial charge in [0.05, 0.1) is 13.2 Å². The Bertz CT molecular complexity index is 538. The van der Waals surface area contributed by atoms with Crippen LogP contribution in [-0.4, -0.2) is 25.2 Å². The van der Waals surface area contributed by atoms with Gasteiger partial charge >= 0.3 is 11.9 Å². The van der Waals surface area contributed by atoms with Gasteiger partial charge in [0.2, 0.25) is 0 Å². The molecule has 0 saturated carbocycles. The first kappa shape index (κ1) is 16.3. The van der Waals surface area contributed by atoms with Gasteiger partial charge in [-0.05, 0) is 42.4 Å². The quantitative estimate of drug-likeness (QED) is 0.351. The summed E-state index contributed by atoms with van der Waals surface area (Å²) in [6, 6.07) is 7.97. The summed E-state index contributed by atoms with van der Waals surface area (Å²) in [6.07, 6.45) is 2.65. The predicted molar refractivity (Wildman–Crippen MR) is 83.4 cm³/mol. The number of hydrogen-bond donors (Lipinski definition) is 0. The van der Waals surface area contributed by atoms with Crippen LogP contribution in [0.4, 0.5) is 0 Å². The summed E-state index contributed by atoms with van der Waals surface area (Å²) in [5, 5.41) is 0. The molecule has 0 unspecified atom stereocenters. The van der Waals surface area contributed by atoms with E-state index in [0.717, 1.165) is 29.5 Å². The molecular formula is C18H22O4. The Balaban J connectivity index is 2.26. The van der Waals surface area contributed by atoms with Crippen LogP contribution in [0.2, 0.25) is 0 Å². The molecule has 0 N–H and O–H groups in total. The largest absolute Gasteiger partial charge is 0.462 e. The second-order valence-electron chi connectivity index (χ2n) is 5.37. The molecule has 1 aliphatic carbocycles. The van der Waals surface area contributed by atoms with Crippen LogP contribution in [0, 0.1) is 0 Å². The van der Waals surface area contributed by atoms with Gasteiger partial charge in [-0.1, -0.05) is 38.1 Å². The van der Waals surface area contributed by atoms with Crippen molar-refractivity contribution in [2.24, 2.45) is 0 Å². The minimum Gasteiger partial charge on any atom is -0.462 e.